The normalized spacial score (nSPS) is 30.6. The second-order valence-corrected chi connectivity index (χ2v) is 8.30. The summed E-state index contributed by atoms with van der Waals surface area (Å²) < 4.78 is 40.7. The van der Waals surface area contributed by atoms with E-state index in [1.807, 2.05) is 0 Å². The zero-order chi connectivity index (χ0) is 14.5. The van der Waals surface area contributed by atoms with Crippen molar-refractivity contribution in [1.29, 1.82) is 0 Å². The molecule has 1 aliphatic carbocycles. The van der Waals surface area contributed by atoms with E-state index in [1.165, 1.54) is 22.5 Å². The third-order valence-corrected chi connectivity index (χ3v) is 6.87. The molecule has 1 saturated carbocycles. The second-order valence-electron chi connectivity index (χ2n) is 5.54. The maximum atomic E-state index is 14.0. The molecule has 2 N–H and O–H groups in total. The first kappa shape index (κ1) is 14.4. The smallest absolute Gasteiger partial charge is 0.246 e. The van der Waals surface area contributed by atoms with Gasteiger partial charge in [0.15, 0.2) is 5.82 Å². The number of fused-ring (bicyclic) bond motifs is 1. The van der Waals surface area contributed by atoms with Crippen molar-refractivity contribution in [2.45, 2.75) is 23.8 Å². The molecule has 110 valence electrons. The Morgan fingerprint density at radius 3 is 2.75 bits per heavy atom. The zero-order valence-corrected chi connectivity index (χ0v) is 13.2. The summed E-state index contributed by atoms with van der Waals surface area (Å²) in [6.45, 7) is 0.854. The summed E-state index contributed by atoms with van der Waals surface area (Å²) in [5, 5.41) is 0. The zero-order valence-electron chi connectivity index (χ0n) is 10.8. The lowest BCUT2D eigenvalue weighted by Crippen LogP contribution is -2.33. The molecule has 0 radical (unpaired) electrons. The highest BCUT2D eigenvalue weighted by molar-refractivity contribution is 9.10. The highest BCUT2D eigenvalue weighted by Crippen LogP contribution is 2.39. The highest BCUT2D eigenvalue weighted by Gasteiger charge is 2.45. The molecule has 3 atom stereocenters. The number of sulfonamides is 1. The van der Waals surface area contributed by atoms with Gasteiger partial charge in [0, 0.05) is 19.1 Å². The summed E-state index contributed by atoms with van der Waals surface area (Å²) in [5.41, 5.74) is 6.02. The van der Waals surface area contributed by atoms with Crippen LogP contribution in [0.3, 0.4) is 0 Å². The molecular formula is C13H16BrFN2O2S. The van der Waals surface area contributed by atoms with E-state index in [0.717, 1.165) is 12.8 Å². The van der Waals surface area contributed by atoms with Gasteiger partial charge in [-0.15, -0.1) is 0 Å². The number of hydrogen-bond donors (Lipinski definition) is 1. The van der Waals surface area contributed by atoms with Crippen molar-refractivity contribution < 1.29 is 12.8 Å². The average Bonchev–Trinajstić information content (AvgIpc) is 2.96. The predicted molar refractivity (Wildman–Crippen MR) is 77.0 cm³/mol. The van der Waals surface area contributed by atoms with Crippen molar-refractivity contribution in [3.63, 3.8) is 0 Å². The monoisotopic (exact) mass is 362 g/mol. The van der Waals surface area contributed by atoms with E-state index >= 15 is 0 Å². The largest absolute Gasteiger partial charge is 0.327 e. The van der Waals surface area contributed by atoms with Gasteiger partial charge in [-0.25, -0.2) is 12.8 Å². The molecule has 1 aromatic rings. The Morgan fingerprint density at radius 1 is 1.30 bits per heavy atom. The van der Waals surface area contributed by atoms with Crippen molar-refractivity contribution in [2.75, 3.05) is 13.1 Å². The van der Waals surface area contributed by atoms with Crippen LogP contribution in [0.15, 0.2) is 27.6 Å². The van der Waals surface area contributed by atoms with Gasteiger partial charge in [0.1, 0.15) is 4.90 Å². The van der Waals surface area contributed by atoms with Crippen LogP contribution in [-0.4, -0.2) is 31.9 Å². The van der Waals surface area contributed by atoms with E-state index in [4.69, 9.17) is 5.73 Å². The molecule has 7 heteroatoms. The number of rotatable bonds is 2. The molecule has 1 aliphatic heterocycles. The SMILES string of the molecule is NC1CCC2CN(S(=O)(=O)c3cccc(Br)c3F)CC12. The third-order valence-electron chi connectivity index (χ3n) is 4.41. The topological polar surface area (TPSA) is 63.4 Å². The maximum Gasteiger partial charge on any atom is 0.246 e. The summed E-state index contributed by atoms with van der Waals surface area (Å²) in [6.07, 6.45) is 1.91. The van der Waals surface area contributed by atoms with E-state index in [0.29, 0.717) is 19.0 Å². The molecule has 3 unspecified atom stereocenters. The summed E-state index contributed by atoms with van der Waals surface area (Å²) >= 11 is 3.03. The van der Waals surface area contributed by atoms with E-state index in [-0.39, 0.29) is 21.3 Å². The van der Waals surface area contributed by atoms with E-state index < -0.39 is 15.8 Å². The first-order valence-electron chi connectivity index (χ1n) is 6.61. The number of benzene rings is 1. The molecule has 0 spiro atoms. The molecule has 0 bridgehead atoms. The van der Waals surface area contributed by atoms with Gasteiger partial charge in [0.05, 0.1) is 4.47 Å². The van der Waals surface area contributed by atoms with E-state index in [1.54, 1.807) is 0 Å². The fourth-order valence-electron chi connectivity index (χ4n) is 3.29. The number of nitrogens with zero attached hydrogens (tertiary/aromatic N) is 1. The van der Waals surface area contributed by atoms with Crippen LogP contribution in [0.1, 0.15) is 12.8 Å². The molecule has 1 saturated heterocycles. The molecule has 2 fully saturated rings. The maximum absolute atomic E-state index is 14.0. The van der Waals surface area contributed by atoms with Gasteiger partial charge in [0.25, 0.3) is 0 Å². The first-order chi connectivity index (χ1) is 9.41. The Hall–Kier alpha value is -0.500. The van der Waals surface area contributed by atoms with Crippen LogP contribution >= 0.6 is 15.9 Å². The van der Waals surface area contributed by atoms with Crippen molar-refractivity contribution in [2.24, 2.45) is 17.6 Å². The molecule has 20 heavy (non-hydrogen) atoms. The van der Waals surface area contributed by atoms with E-state index in [9.17, 15) is 12.8 Å². The number of halogens is 2. The fourth-order valence-corrected chi connectivity index (χ4v) is 5.40. The van der Waals surface area contributed by atoms with E-state index in [2.05, 4.69) is 15.9 Å². The molecule has 0 amide bonds. The lowest BCUT2D eigenvalue weighted by atomic mass is 9.98. The first-order valence-corrected chi connectivity index (χ1v) is 8.84. The van der Waals surface area contributed by atoms with Crippen LogP contribution in [0, 0.1) is 17.7 Å². The summed E-state index contributed by atoms with van der Waals surface area (Å²) in [7, 11) is -3.78. The van der Waals surface area contributed by atoms with Crippen LogP contribution < -0.4 is 5.73 Å². The molecule has 4 nitrogen and oxygen atoms in total. The Labute approximate surface area is 126 Å². The van der Waals surface area contributed by atoms with Crippen molar-refractivity contribution >= 4 is 26.0 Å². The van der Waals surface area contributed by atoms with Gasteiger partial charge in [-0.2, -0.15) is 4.31 Å². The van der Waals surface area contributed by atoms with Crippen molar-refractivity contribution in [3.05, 3.63) is 28.5 Å². The minimum absolute atomic E-state index is 0.0626. The Kier molecular flexibility index (Phi) is 3.64. The van der Waals surface area contributed by atoms with Crippen LogP contribution in [0.4, 0.5) is 4.39 Å². The van der Waals surface area contributed by atoms with Crippen LogP contribution in [0.5, 0.6) is 0 Å². The third kappa shape index (κ3) is 2.20. The average molecular weight is 363 g/mol. The van der Waals surface area contributed by atoms with Crippen LogP contribution in [-0.2, 0) is 10.0 Å². The van der Waals surface area contributed by atoms with Gasteiger partial charge < -0.3 is 5.73 Å². The lowest BCUT2D eigenvalue weighted by molar-refractivity contribution is 0.424. The molecule has 1 aromatic carbocycles. The Morgan fingerprint density at radius 2 is 2.05 bits per heavy atom. The quantitative estimate of drug-likeness (QED) is 0.874. The molecule has 3 rings (SSSR count). The summed E-state index contributed by atoms with van der Waals surface area (Å²) in [5.74, 6) is -0.205. The number of hydrogen-bond acceptors (Lipinski definition) is 3. The summed E-state index contributed by atoms with van der Waals surface area (Å²) in [4.78, 5) is -0.264. The molecule has 2 aliphatic rings. The predicted octanol–water partition coefficient (Wildman–Crippen LogP) is 1.95. The van der Waals surface area contributed by atoms with Gasteiger partial charge in [-0.3, -0.25) is 0 Å². The van der Waals surface area contributed by atoms with Gasteiger partial charge in [-0.1, -0.05) is 6.07 Å². The Balaban J connectivity index is 1.92. The van der Waals surface area contributed by atoms with Gasteiger partial charge in [0.2, 0.25) is 10.0 Å². The lowest BCUT2D eigenvalue weighted by Gasteiger charge is -2.19. The Bertz CT molecular complexity index is 637. The summed E-state index contributed by atoms with van der Waals surface area (Å²) in [6, 6.07) is 4.39. The molecule has 0 aromatic heterocycles. The fraction of sp³-hybridized carbons (Fsp3) is 0.538. The molecular weight excluding hydrogens is 347 g/mol. The van der Waals surface area contributed by atoms with Crippen LogP contribution in [0.25, 0.3) is 0 Å². The minimum Gasteiger partial charge on any atom is -0.327 e. The number of nitrogens with two attached hydrogens (primary N) is 1. The van der Waals surface area contributed by atoms with Crippen LogP contribution in [0.2, 0.25) is 0 Å². The van der Waals surface area contributed by atoms with Crippen molar-refractivity contribution in [3.8, 4) is 0 Å². The molecule has 1 heterocycles. The van der Waals surface area contributed by atoms with Crippen molar-refractivity contribution in [1.82, 2.24) is 4.31 Å². The second kappa shape index (κ2) is 5.05. The van der Waals surface area contributed by atoms with Gasteiger partial charge >= 0.3 is 0 Å². The van der Waals surface area contributed by atoms with Gasteiger partial charge in [-0.05, 0) is 52.7 Å². The highest BCUT2D eigenvalue weighted by atomic mass is 79.9. The minimum atomic E-state index is -3.78. The standard InChI is InChI=1S/C13H16BrFN2O2S/c14-10-2-1-3-12(13(10)15)20(18,19)17-6-8-4-5-11(16)9(8)7-17/h1-3,8-9,11H,4-7,16H2.